The smallest absolute Gasteiger partial charge is 0.0207 e. The van der Waals surface area contributed by atoms with Gasteiger partial charge in [-0.05, 0) is 50.6 Å². The molecule has 1 aromatic rings. The Hall–Kier alpha value is -0.820. The maximum absolute atomic E-state index is 3.81. The molecular formula is C17H27N. The predicted molar refractivity (Wildman–Crippen MR) is 78.9 cm³/mol. The van der Waals surface area contributed by atoms with E-state index < -0.39 is 0 Å². The highest BCUT2D eigenvalue weighted by Crippen LogP contribution is 2.31. The third-order valence-electron chi connectivity index (χ3n) is 4.61. The first-order valence-electron chi connectivity index (χ1n) is 7.43. The molecule has 1 atom stereocenters. The molecule has 2 rings (SSSR count). The lowest BCUT2D eigenvalue weighted by molar-refractivity contribution is 0.170. The summed E-state index contributed by atoms with van der Waals surface area (Å²) in [6.45, 7) is 8.09. The average Bonchev–Trinajstić information content (AvgIpc) is 2.39. The van der Waals surface area contributed by atoms with Crippen molar-refractivity contribution in [1.29, 1.82) is 0 Å². The van der Waals surface area contributed by atoms with Gasteiger partial charge in [0.05, 0.1) is 0 Å². The van der Waals surface area contributed by atoms with E-state index in [0.717, 1.165) is 5.92 Å². The summed E-state index contributed by atoms with van der Waals surface area (Å²) in [5.74, 6) is 0.725. The lowest BCUT2D eigenvalue weighted by Crippen LogP contribution is -2.52. The number of hydrogen-bond acceptors (Lipinski definition) is 1. The molecule has 0 bridgehead atoms. The zero-order valence-corrected chi connectivity index (χ0v) is 12.1. The van der Waals surface area contributed by atoms with Crippen molar-refractivity contribution in [3.05, 3.63) is 35.4 Å². The van der Waals surface area contributed by atoms with Gasteiger partial charge in [-0.15, -0.1) is 0 Å². The second-order valence-corrected chi connectivity index (χ2v) is 6.18. The Kier molecular flexibility index (Phi) is 4.45. The van der Waals surface area contributed by atoms with Gasteiger partial charge in [-0.3, -0.25) is 0 Å². The molecule has 1 nitrogen and oxygen atoms in total. The van der Waals surface area contributed by atoms with Gasteiger partial charge >= 0.3 is 0 Å². The van der Waals surface area contributed by atoms with E-state index in [-0.39, 0.29) is 0 Å². The molecule has 0 spiro atoms. The van der Waals surface area contributed by atoms with Crippen molar-refractivity contribution in [1.82, 2.24) is 5.32 Å². The molecule has 1 unspecified atom stereocenters. The zero-order valence-electron chi connectivity index (χ0n) is 12.1. The molecule has 1 fully saturated rings. The molecule has 0 aliphatic carbocycles. The highest BCUT2D eigenvalue weighted by atomic mass is 15.0. The van der Waals surface area contributed by atoms with E-state index in [1.165, 1.54) is 49.8 Å². The first-order valence-corrected chi connectivity index (χ1v) is 7.43. The first-order chi connectivity index (χ1) is 8.62. The Balaban J connectivity index is 1.99. The van der Waals surface area contributed by atoms with E-state index in [0.29, 0.717) is 5.54 Å². The van der Waals surface area contributed by atoms with Gasteiger partial charge in [0.1, 0.15) is 0 Å². The van der Waals surface area contributed by atoms with Crippen molar-refractivity contribution in [2.45, 2.75) is 58.4 Å². The zero-order chi connectivity index (χ0) is 13.0. The minimum atomic E-state index is 0.378. The van der Waals surface area contributed by atoms with Crippen molar-refractivity contribution in [3.63, 3.8) is 0 Å². The molecule has 1 saturated heterocycles. The standard InChI is InChI=1S/C17H27N/c1-14(2)17(11-4-5-13-18-17)12-10-16-8-6-15(3)7-9-16/h6-9,14,18H,4-5,10-13H2,1-3H3. The van der Waals surface area contributed by atoms with Crippen molar-refractivity contribution in [2.24, 2.45) is 5.92 Å². The SMILES string of the molecule is Cc1ccc(CCC2(C(C)C)CCCCN2)cc1. The second kappa shape index (κ2) is 5.88. The average molecular weight is 245 g/mol. The number of piperidine rings is 1. The summed E-state index contributed by atoms with van der Waals surface area (Å²) in [6.07, 6.45) is 6.55. The lowest BCUT2D eigenvalue weighted by atomic mass is 9.75. The van der Waals surface area contributed by atoms with Gasteiger partial charge in [-0.2, -0.15) is 0 Å². The number of nitrogens with one attached hydrogen (secondary N) is 1. The van der Waals surface area contributed by atoms with E-state index in [1.807, 2.05) is 0 Å². The lowest BCUT2D eigenvalue weighted by Gasteiger charge is -2.42. The summed E-state index contributed by atoms with van der Waals surface area (Å²) in [7, 11) is 0. The van der Waals surface area contributed by atoms with Crippen LogP contribution in [0.15, 0.2) is 24.3 Å². The van der Waals surface area contributed by atoms with Crippen LogP contribution >= 0.6 is 0 Å². The Morgan fingerprint density at radius 3 is 2.44 bits per heavy atom. The summed E-state index contributed by atoms with van der Waals surface area (Å²) < 4.78 is 0. The molecule has 100 valence electrons. The summed E-state index contributed by atoms with van der Waals surface area (Å²) in [4.78, 5) is 0. The summed E-state index contributed by atoms with van der Waals surface area (Å²) in [5.41, 5.74) is 3.21. The Morgan fingerprint density at radius 1 is 1.17 bits per heavy atom. The molecule has 18 heavy (non-hydrogen) atoms. The van der Waals surface area contributed by atoms with Crippen LogP contribution in [0.2, 0.25) is 0 Å². The fourth-order valence-corrected chi connectivity index (χ4v) is 3.11. The fourth-order valence-electron chi connectivity index (χ4n) is 3.11. The van der Waals surface area contributed by atoms with Gasteiger partial charge in [0.15, 0.2) is 0 Å². The van der Waals surface area contributed by atoms with Crippen LogP contribution in [0.25, 0.3) is 0 Å². The van der Waals surface area contributed by atoms with E-state index in [9.17, 15) is 0 Å². The summed E-state index contributed by atoms with van der Waals surface area (Å²) in [6, 6.07) is 9.02. The first kappa shape index (κ1) is 13.6. The minimum absolute atomic E-state index is 0.378. The number of rotatable bonds is 4. The highest BCUT2D eigenvalue weighted by molar-refractivity contribution is 5.21. The van der Waals surface area contributed by atoms with Crippen molar-refractivity contribution in [3.8, 4) is 0 Å². The van der Waals surface area contributed by atoms with Gasteiger partial charge in [0.2, 0.25) is 0 Å². The monoisotopic (exact) mass is 245 g/mol. The van der Waals surface area contributed by atoms with Crippen molar-refractivity contribution < 1.29 is 0 Å². The number of aryl methyl sites for hydroxylation is 2. The molecular weight excluding hydrogens is 218 g/mol. The molecule has 1 N–H and O–H groups in total. The normalized spacial score (nSPS) is 24.4. The Bertz CT molecular complexity index is 358. The van der Waals surface area contributed by atoms with Gasteiger partial charge < -0.3 is 5.32 Å². The van der Waals surface area contributed by atoms with Crippen LogP contribution in [0.5, 0.6) is 0 Å². The molecule has 1 heteroatoms. The molecule has 0 amide bonds. The maximum Gasteiger partial charge on any atom is 0.0207 e. The van der Waals surface area contributed by atoms with E-state index >= 15 is 0 Å². The predicted octanol–water partition coefficient (Wildman–Crippen LogP) is 4.10. The van der Waals surface area contributed by atoms with E-state index in [2.05, 4.69) is 50.4 Å². The third kappa shape index (κ3) is 3.14. The highest BCUT2D eigenvalue weighted by Gasteiger charge is 2.34. The Labute approximate surface area is 112 Å². The van der Waals surface area contributed by atoms with Gasteiger partial charge in [-0.1, -0.05) is 50.1 Å². The van der Waals surface area contributed by atoms with Crippen LogP contribution in [0, 0.1) is 12.8 Å². The fraction of sp³-hybridized carbons (Fsp3) is 0.647. The number of benzene rings is 1. The molecule has 1 aliphatic rings. The van der Waals surface area contributed by atoms with Crippen molar-refractivity contribution in [2.75, 3.05) is 6.54 Å². The number of hydrogen-bond donors (Lipinski definition) is 1. The van der Waals surface area contributed by atoms with Crippen LogP contribution in [0.1, 0.15) is 50.7 Å². The third-order valence-corrected chi connectivity index (χ3v) is 4.61. The molecule has 1 heterocycles. The van der Waals surface area contributed by atoms with Crippen LogP contribution in [-0.2, 0) is 6.42 Å². The van der Waals surface area contributed by atoms with Crippen LogP contribution in [0.4, 0.5) is 0 Å². The molecule has 0 radical (unpaired) electrons. The molecule has 1 aliphatic heterocycles. The van der Waals surface area contributed by atoms with Crippen molar-refractivity contribution >= 4 is 0 Å². The van der Waals surface area contributed by atoms with Crippen LogP contribution < -0.4 is 5.32 Å². The minimum Gasteiger partial charge on any atom is -0.311 e. The van der Waals surface area contributed by atoms with Crippen LogP contribution in [-0.4, -0.2) is 12.1 Å². The summed E-state index contributed by atoms with van der Waals surface area (Å²) >= 11 is 0. The molecule has 0 aromatic heterocycles. The quantitative estimate of drug-likeness (QED) is 0.842. The topological polar surface area (TPSA) is 12.0 Å². The largest absolute Gasteiger partial charge is 0.311 e. The summed E-state index contributed by atoms with van der Waals surface area (Å²) in [5, 5.41) is 3.81. The maximum atomic E-state index is 3.81. The van der Waals surface area contributed by atoms with E-state index in [1.54, 1.807) is 0 Å². The molecule has 0 saturated carbocycles. The second-order valence-electron chi connectivity index (χ2n) is 6.18. The van der Waals surface area contributed by atoms with E-state index in [4.69, 9.17) is 0 Å². The van der Waals surface area contributed by atoms with Gasteiger partial charge in [0.25, 0.3) is 0 Å². The molecule has 1 aromatic carbocycles. The Morgan fingerprint density at radius 2 is 1.89 bits per heavy atom. The van der Waals surface area contributed by atoms with Gasteiger partial charge in [0, 0.05) is 5.54 Å². The van der Waals surface area contributed by atoms with Crippen LogP contribution in [0.3, 0.4) is 0 Å². The van der Waals surface area contributed by atoms with Gasteiger partial charge in [-0.25, -0.2) is 0 Å².